The van der Waals surface area contributed by atoms with E-state index in [2.05, 4.69) is 4.98 Å². The quantitative estimate of drug-likeness (QED) is 0.298. The lowest BCUT2D eigenvalue weighted by Gasteiger charge is -2.21. The van der Waals surface area contributed by atoms with E-state index in [1.165, 1.54) is 4.57 Å². The normalized spacial score (nSPS) is 12.4. The second-order valence-corrected chi connectivity index (χ2v) is 9.95. The predicted octanol–water partition coefficient (Wildman–Crippen LogP) is 5.54. The topological polar surface area (TPSA) is 92.2 Å². The van der Waals surface area contributed by atoms with E-state index in [0.717, 1.165) is 27.8 Å². The summed E-state index contributed by atoms with van der Waals surface area (Å²) < 4.78 is 1.44. The Morgan fingerprint density at radius 3 is 2.02 bits per heavy atom. The van der Waals surface area contributed by atoms with Gasteiger partial charge < -0.3 is 5.11 Å². The minimum atomic E-state index is -1.03. The van der Waals surface area contributed by atoms with Crippen LogP contribution >= 0.6 is 0 Å². The Balaban J connectivity index is 1.42. The van der Waals surface area contributed by atoms with E-state index >= 15 is 0 Å². The number of carboxylic acid groups (broad SMARTS) is 1. The van der Waals surface area contributed by atoms with Gasteiger partial charge in [0.1, 0.15) is 0 Å². The predicted molar refractivity (Wildman–Crippen MR) is 156 cm³/mol. The molecule has 6 rings (SSSR count). The number of rotatable bonds is 6. The fourth-order valence-corrected chi connectivity index (χ4v) is 5.47. The van der Waals surface area contributed by atoms with Crippen LogP contribution in [0.1, 0.15) is 60.8 Å². The minimum absolute atomic E-state index is 0.114. The second-order valence-electron chi connectivity index (χ2n) is 9.95. The van der Waals surface area contributed by atoms with Crippen LogP contribution in [-0.4, -0.2) is 20.6 Å². The molecule has 0 amide bonds. The lowest BCUT2D eigenvalue weighted by Crippen LogP contribution is -2.33. The highest BCUT2D eigenvalue weighted by molar-refractivity contribution is 5.89. The monoisotopic (exact) mass is 526 g/mol. The van der Waals surface area contributed by atoms with Crippen molar-refractivity contribution in [2.45, 2.75) is 18.9 Å². The van der Waals surface area contributed by atoms with Gasteiger partial charge in [0.2, 0.25) is 0 Å². The van der Waals surface area contributed by atoms with Crippen molar-refractivity contribution in [3.05, 3.63) is 174 Å². The zero-order chi connectivity index (χ0) is 27.6. The van der Waals surface area contributed by atoms with E-state index < -0.39 is 17.2 Å². The van der Waals surface area contributed by atoms with Gasteiger partial charge >= 0.3 is 11.7 Å². The minimum Gasteiger partial charge on any atom is -0.478 e. The average Bonchev–Trinajstić information content (AvgIpc) is 3.13. The van der Waals surface area contributed by atoms with E-state index in [1.54, 1.807) is 18.3 Å². The Kier molecular flexibility index (Phi) is 6.58. The first-order valence-electron chi connectivity index (χ1n) is 13.1. The molecule has 1 aromatic heterocycles. The molecule has 0 atom stereocenters. The van der Waals surface area contributed by atoms with Crippen molar-refractivity contribution in [1.29, 1.82) is 0 Å². The zero-order valence-electron chi connectivity index (χ0n) is 21.6. The molecule has 5 aromatic rings. The Bertz CT molecular complexity index is 1830. The molecule has 40 heavy (non-hydrogen) atoms. The van der Waals surface area contributed by atoms with Crippen molar-refractivity contribution < 1.29 is 9.90 Å². The molecule has 196 valence electrons. The summed E-state index contributed by atoms with van der Waals surface area (Å²) in [6, 6.07) is 30.8. The number of nitrogens with zero attached hydrogens (tertiary/aromatic N) is 1. The molecule has 0 radical (unpaired) electrons. The number of hydrogen-bond donors (Lipinski definition) is 2. The number of hydrogen-bond acceptors (Lipinski definition) is 3. The van der Waals surface area contributed by atoms with E-state index in [0.29, 0.717) is 23.1 Å². The zero-order valence-corrected chi connectivity index (χ0v) is 21.6. The summed E-state index contributed by atoms with van der Waals surface area (Å²) in [6.45, 7) is 0.114. The van der Waals surface area contributed by atoms with Crippen LogP contribution < -0.4 is 11.2 Å². The van der Waals surface area contributed by atoms with Crippen LogP contribution in [0.15, 0.2) is 113 Å². The van der Waals surface area contributed by atoms with Crippen LogP contribution in [-0.2, 0) is 13.0 Å². The highest BCUT2D eigenvalue weighted by Gasteiger charge is 2.26. The SMILES string of the molecule is O=C(O)c1cc(Cn2cc(C3c4ccccc4C=Cc4ccccc43)c(=O)[nH]c2=O)ccc1Cc1ccccc1. The number of aromatic carboxylic acids is 1. The van der Waals surface area contributed by atoms with Crippen molar-refractivity contribution in [2.75, 3.05) is 0 Å². The molecule has 6 heteroatoms. The molecule has 0 bridgehead atoms. The fraction of sp³-hybridized carbons (Fsp3) is 0.0882. The summed E-state index contributed by atoms with van der Waals surface area (Å²) in [5, 5.41) is 9.93. The number of carboxylic acids is 1. The largest absolute Gasteiger partial charge is 0.478 e. The molecule has 0 unspecified atom stereocenters. The summed E-state index contributed by atoms with van der Waals surface area (Å²) in [6.07, 6.45) is 6.19. The van der Waals surface area contributed by atoms with Gasteiger partial charge in [0.25, 0.3) is 5.56 Å². The maximum absolute atomic E-state index is 13.3. The smallest absolute Gasteiger partial charge is 0.335 e. The van der Waals surface area contributed by atoms with Gasteiger partial charge in [-0.15, -0.1) is 0 Å². The third-order valence-corrected chi connectivity index (χ3v) is 7.40. The van der Waals surface area contributed by atoms with Crippen molar-refractivity contribution in [3.63, 3.8) is 0 Å². The summed E-state index contributed by atoms with van der Waals surface area (Å²) in [5.74, 6) is -1.41. The van der Waals surface area contributed by atoms with Crippen LogP contribution in [0.25, 0.3) is 12.2 Å². The van der Waals surface area contributed by atoms with Crippen LogP contribution in [0.3, 0.4) is 0 Å². The van der Waals surface area contributed by atoms with Crippen molar-refractivity contribution in [1.82, 2.24) is 9.55 Å². The maximum atomic E-state index is 13.3. The van der Waals surface area contributed by atoms with Crippen molar-refractivity contribution in [3.8, 4) is 0 Å². The van der Waals surface area contributed by atoms with Gasteiger partial charge in [-0.3, -0.25) is 14.3 Å². The molecular weight excluding hydrogens is 500 g/mol. The molecule has 1 aliphatic carbocycles. The van der Waals surface area contributed by atoms with Crippen molar-refractivity contribution >= 4 is 18.1 Å². The first-order chi connectivity index (χ1) is 19.5. The molecule has 0 spiro atoms. The molecule has 0 fully saturated rings. The van der Waals surface area contributed by atoms with E-state index in [4.69, 9.17) is 0 Å². The van der Waals surface area contributed by atoms with Crippen molar-refractivity contribution in [2.24, 2.45) is 0 Å². The number of fused-ring (bicyclic) bond motifs is 2. The summed E-state index contributed by atoms with van der Waals surface area (Å²) in [4.78, 5) is 40.9. The van der Waals surface area contributed by atoms with Crippen LogP contribution in [0.5, 0.6) is 0 Å². The Hall–Kier alpha value is -5.23. The van der Waals surface area contributed by atoms with Gasteiger partial charge in [0.15, 0.2) is 0 Å². The molecule has 0 saturated carbocycles. The number of aromatic nitrogens is 2. The summed E-state index contributed by atoms with van der Waals surface area (Å²) in [5.41, 5.74) is 5.94. The third kappa shape index (κ3) is 4.83. The van der Waals surface area contributed by atoms with Gasteiger partial charge in [-0.25, -0.2) is 9.59 Å². The summed E-state index contributed by atoms with van der Waals surface area (Å²) in [7, 11) is 0. The van der Waals surface area contributed by atoms with Crippen LogP contribution in [0, 0.1) is 0 Å². The van der Waals surface area contributed by atoms with Crippen LogP contribution in [0.2, 0.25) is 0 Å². The van der Waals surface area contributed by atoms with Gasteiger partial charge in [-0.2, -0.15) is 0 Å². The maximum Gasteiger partial charge on any atom is 0.335 e. The lowest BCUT2D eigenvalue weighted by molar-refractivity contribution is 0.0695. The van der Waals surface area contributed by atoms with Gasteiger partial charge in [-0.05, 0) is 51.4 Å². The highest BCUT2D eigenvalue weighted by atomic mass is 16.4. The molecule has 6 nitrogen and oxygen atoms in total. The van der Waals surface area contributed by atoms with Crippen LogP contribution in [0.4, 0.5) is 0 Å². The average molecular weight is 527 g/mol. The molecule has 0 saturated heterocycles. The Morgan fingerprint density at radius 1 is 0.750 bits per heavy atom. The number of nitrogens with one attached hydrogen (secondary N) is 1. The highest BCUT2D eigenvalue weighted by Crippen LogP contribution is 2.37. The third-order valence-electron chi connectivity index (χ3n) is 7.40. The molecule has 0 aliphatic heterocycles. The molecule has 1 aliphatic rings. The van der Waals surface area contributed by atoms with Gasteiger partial charge in [-0.1, -0.05) is 103 Å². The van der Waals surface area contributed by atoms with E-state index in [1.807, 2.05) is 97.1 Å². The van der Waals surface area contributed by atoms with Gasteiger partial charge in [0.05, 0.1) is 12.1 Å². The first kappa shape index (κ1) is 25.1. The lowest BCUT2D eigenvalue weighted by atomic mass is 9.83. The Morgan fingerprint density at radius 2 is 1.38 bits per heavy atom. The van der Waals surface area contributed by atoms with E-state index in [-0.39, 0.29) is 18.0 Å². The number of carbonyl (C=O) groups is 1. The summed E-state index contributed by atoms with van der Waals surface area (Å²) >= 11 is 0. The fourth-order valence-electron chi connectivity index (χ4n) is 5.47. The Labute approximate surface area is 230 Å². The molecular formula is C34H26N2O4. The standard InChI is InChI=1S/C34H26N2O4/c37-32-30(31-27-12-6-4-10-24(27)16-17-25-11-5-7-13-28(25)31)21-36(34(40)35-32)20-23-14-15-26(29(19-23)33(38)39)18-22-8-2-1-3-9-22/h1-17,19,21,31H,18,20H2,(H,38,39)(H,35,37,40). The second kappa shape index (κ2) is 10.5. The number of benzene rings is 4. The first-order valence-corrected chi connectivity index (χ1v) is 13.1. The van der Waals surface area contributed by atoms with Gasteiger partial charge in [0, 0.05) is 17.7 Å². The van der Waals surface area contributed by atoms with E-state index in [9.17, 15) is 19.5 Å². The molecule has 4 aromatic carbocycles. The molecule has 1 heterocycles. The molecule has 2 N–H and O–H groups in total. The number of aromatic amines is 1. The number of H-pyrrole nitrogens is 1.